The fourth-order valence-corrected chi connectivity index (χ4v) is 4.43. The molecule has 0 saturated heterocycles. The van der Waals surface area contributed by atoms with E-state index in [4.69, 9.17) is 10.8 Å². The number of unbranched alkanes of at least 4 members (excludes halogenated alkanes) is 1. The molecule has 0 aliphatic heterocycles. The summed E-state index contributed by atoms with van der Waals surface area (Å²) in [6, 6.07) is 20.1. The van der Waals surface area contributed by atoms with E-state index in [1.807, 2.05) is 16.8 Å². The van der Waals surface area contributed by atoms with E-state index in [0.29, 0.717) is 12.3 Å². The lowest BCUT2D eigenvalue weighted by molar-refractivity contribution is -0.127. The van der Waals surface area contributed by atoms with Crippen LogP contribution >= 0.6 is 0 Å². The number of hydrogen-bond acceptors (Lipinski definition) is 5. The Morgan fingerprint density at radius 2 is 1.77 bits per heavy atom. The molecular weight excluding hydrogens is 490 g/mol. The highest BCUT2D eigenvalue weighted by molar-refractivity contribution is 5.86. The van der Waals surface area contributed by atoms with Gasteiger partial charge in [-0.2, -0.15) is 5.10 Å². The summed E-state index contributed by atoms with van der Waals surface area (Å²) < 4.78 is 1.97. The van der Waals surface area contributed by atoms with Crippen molar-refractivity contribution in [3.05, 3.63) is 95.9 Å². The van der Waals surface area contributed by atoms with Crippen molar-refractivity contribution in [2.24, 2.45) is 5.73 Å². The minimum atomic E-state index is -0.806. The minimum Gasteiger partial charge on any atom is -0.508 e. The number of nitrogens with zero attached hydrogens (tertiary/aromatic N) is 3. The van der Waals surface area contributed by atoms with Gasteiger partial charge < -0.3 is 16.2 Å². The summed E-state index contributed by atoms with van der Waals surface area (Å²) in [5.74, 6) is -0.221. The van der Waals surface area contributed by atoms with Crippen molar-refractivity contribution in [1.29, 1.82) is 0 Å². The molecule has 0 radical (unpaired) electrons. The topological polar surface area (TPSA) is 123 Å². The first-order chi connectivity index (χ1) is 18.8. The number of hydrogen-bond donors (Lipinski definition) is 3. The fourth-order valence-electron chi connectivity index (χ4n) is 4.43. The van der Waals surface area contributed by atoms with Crippen molar-refractivity contribution in [2.45, 2.75) is 57.9 Å². The van der Waals surface area contributed by atoms with Gasteiger partial charge in [0, 0.05) is 36.5 Å². The molecule has 0 spiro atoms. The Morgan fingerprint density at radius 1 is 1.03 bits per heavy atom. The second-order valence-corrected chi connectivity index (χ2v) is 10.0. The molecule has 4 N–H and O–H groups in total. The highest BCUT2D eigenvalue weighted by atomic mass is 16.3. The quantitative estimate of drug-likeness (QED) is 0.232. The van der Waals surface area contributed by atoms with E-state index in [9.17, 15) is 14.7 Å². The van der Waals surface area contributed by atoms with Crippen molar-refractivity contribution in [2.75, 3.05) is 0 Å². The number of aryl methyl sites for hydroxylation is 1. The van der Waals surface area contributed by atoms with Crippen LogP contribution in [0.4, 0.5) is 0 Å². The number of rotatable bonds is 12. The number of benzene rings is 2. The predicted octanol–water partition coefficient (Wildman–Crippen LogP) is 4.69. The van der Waals surface area contributed by atoms with Gasteiger partial charge in [0.2, 0.25) is 11.8 Å². The number of amides is 2. The Morgan fingerprint density at radius 3 is 2.41 bits per heavy atom. The summed E-state index contributed by atoms with van der Waals surface area (Å²) in [6.07, 6.45) is 6.25. The van der Waals surface area contributed by atoms with Gasteiger partial charge in [0.1, 0.15) is 11.8 Å². The van der Waals surface area contributed by atoms with Gasteiger partial charge in [-0.3, -0.25) is 14.6 Å². The molecule has 4 aromatic rings. The highest BCUT2D eigenvalue weighted by Crippen LogP contribution is 2.24. The number of phenols is 1. The van der Waals surface area contributed by atoms with Crippen molar-refractivity contribution in [3.63, 3.8) is 0 Å². The van der Waals surface area contributed by atoms with Crippen LogP contribution in [0, 0.1) is 0 Å². The van der Waals surface area contributed by atoms with E-state index in [0.717, 1.165) is 41.0 Å². The number of carbonyl (C=O) groups excluding carboxylic acids is 2. The van der Waals surface area contributed by atoms with E-state index >= 15 is 0 Å². The molecular formula is C31H35N5O3. The maximum atomic E-state index is 12.6. The molecule has 202 valence electrons. The molecule has 0 fully saturated rings. The van der Waals surface area contributed by atoms with Gasteiger partial charge in [0.15, 0.2) is 0 Å². The Labute approximate surface area is 228 Å². The van der Waals surface area contributed by atoms with Crippen molar-refractivity contribution in [1.82, 2.24) is 20.1 Å². The Bertz CT molecular complexity index is 1380. The molecule has 0 bridgehead atoms. The monoisotopic (exact) mass is 525 g/mol. The van der Waals surface area contributed by atoms with Gasteiger partial charge in [0.25, 0.3) is 0 Å². The SMILES string of the molecule is CC(C)c1ccc(-n2nc(-c3cccnc3)cc2CCCCC(=O)N[C@@H](Cc2ccc(O)cc2)C(N)=O)cc1. The molecule has 4 rings (SSSR count). The summed E-state index contributed by atoms with van der Waals surface area (Å²) >= 11 is 0. The van der Waals surface area contributed by atoms with Gasteiger partial charge >= 0.3 is 0 Å². The first-order valence-corrected chi connectivity index (χ1v) is 13.3. The number of nitrogens with two attached hydrogens (primary N) is 1. The molecule has 2 amide bonds. The van der Waals surface area contributed by atoms with Crippen molar-refractivity contribution >= 4 is 11.8 Å². The lowest BCUT2D eigenvalue weighted by Crippen LogP contribution is -2.45. The number of carbonyl (C=O) groups is 2. The van der Waals surface area contributed by atoms with E-state index in [-0.39, 0.29) is 24.5 Å². The number of nitrogens with one attached hydrogen (secondary N) is 1. The standard InChI is InChI=1S/C31H35N5O3/c1-21(2)23-11-13-25(14-12-23)36-26(19-28(35-36)24-6-5-17-33-20-24)7-3-4-8-30(38)34-29(31(32)39)18-22-9-15-27(37)16-10-22/h5-6,9-17,19-21,29,37H,3-4,7-8,18H2,1-2H3,(H2,32,39)(H,34,38)/t29-/m0/s1. The average Bonchev–Trinajstić information content (AvgIpc) is 3.36. The van der Waals surface area contributed by atoms with Gasteiger partial charge in [-0.1, -0.05) is 38.1 Å². The van der Waals surface area contributed by atoms with Gasteiger partial charge in [-0.05, 0) is 78.8 Å². The van der Waals surface area contributed by atoms with Crippen LogP contribution in [0.25, 0.3) is 16.9 Å². The van der Waals surface area contributed by atoms with Crippen LogP contribution in [-0.2, 0) is 22.4 Å². The molecule has 0 saturated carbocycles. The zero-order chi connectivity index (χ0) is 27.8. The predicted molar refractivity (Wildman–Crippen MR) is 151 cm³/mol. The van der Waals surface area contributed by atoms with E-state index in [1.54, 1.807) is 24.5 Å². The van der Waals surface area contributed by atoms with Crippen LogP contribution in [0.3, 0.4) is 0 Å². The molecule has 1 atom stereocenters. The number of aromatic nitrogens is 3. The second-order valence-electron chi connectivity index (χ2n) is 10.0. The second kappa shape index (κ2) is 12.9. The molecule has 2 aromatic heterocycles. The molecule has 0 aliphatic carbocycles. The summed E-state index contributed by atoms with van der Waals surface area (Å²) in [4.78, 5) is 28.7. The van der Waals surface area contributed by atoms with Gasteiger partial charge in [-0.15, -0.1) is 0 Å². The van der Waals surface area contributed by atoms with Crippen molar-refractivity contribution < 1.29 is 14.7 Å². The summed E-state index contributed by atoms with van der Waals surface area (Å²) in [5.41, 5.74) is 11.4. The van der Waals surface area contributed by atoms with Crippen LogP contribution in [0.5, 0.6) is 5.75 Å². The number of aromatic hydroxyl groups is 1. The molecule has 8 nitrogen and oxygen atoms in total. The molecule has 0 unspecified atom stereocenters. The third kappa shape index (κ3) is 7.54. The van der Waals surface area contributed by atoms with Crippen LogP contribution in [-0.4, -0.2) is 37.7 Å². The van der Waals surface area contributed by atoms with Crippen LogP contribution in [0.1, 0.15) is 55.8 Å². The van der Waals surface area contributed by atoms with E-state index in [1.165, 1.54) is 17.7 Å². The zero-order valence-electron chi connectivity index (χ0n) is 22.4. The largest absolute Gasteiger partial charge is 0.508 e. The van der Waals surface area contributed by atoms with Crippen LogP contribution in [0.15, 0.2) is 79.1 Å². The maximum absolute atomic E-state index is 12.6. The molecule has 2 heterocycles. The highest BCUT2D eigenvalue weighted by Gasteiger charge is 2.19. The lowest BCUT2D eigenvalue weighted by atomic mass is 10.0. The normalized spacial score (nSPS) is 11.9. The molecule has 39 heavy (non-hydrogen) atoms. The summed E-state index contributed by atoms with van der Waals surface area (Å²) in [5, 5.41) is 17.1. The summed E-state index contributed by atoms with van der Waals surface area (Å²) in [7, 11) is 0. The number of primary amides is 1. The number of pyridine rings is 1. The van der Waals surface area contributed by atoms with Crippen LogP contribution in [0.2, 0.25) is 0 Å². The third-order valence-electron chi connectivity index (χ3n) is 6.69. The van der Waals surface area contributed by atoms with Crippen molar-refractivity contribution in [3.8, 4) is 22.7 Å². The zero-order valence-corrected chi connectivity index (χ0v) is 22.4. The average molecular weight is 526 g/mol. The first-order valence-electron chi connectivity index (χ1n) is 13.3. The Kier molecular flexibility index (Phi) is 9.10. The summed E-state index contributed by atoms with van der Waals surface area (Å²) in [6.45, 7) is 4.34. The molecule has 2 aromatic carbocycles. The molecule has 0 aliphatic rings. The van der Waals surface area contributed by atoms with E-state index < -0.39 is 11.9 Å². The van der Waals surface area contributed by atoms with E-state index in [2.05, 4.69) is 54.5 Å². The molecule has 8 heteroatoms. The maximum Gasteiger partial charge on any atom is 0.240 e. The third-order valence-corrected chi connectivity index (χ3v) is 6.69. The van der Waals surface area contributed by atoms with Crippen LogP contribution < -0.4 is 11.1 Å². The lowest BCUT2D eigenvalue weighted by Gasteiger charge is -2.16. The fraction of sp³-hybridized carbons (Fsp3) is 0.290. The minimum absolute atomic E-state index is 0.139. The van der Waals surface area contributed by atoms with Gasteiger partial charge in [0.05, 0.1) is 11.4 Å². The Balaban J connectivity index is 1.39. The number of phenolic OH excluding ortho intramolecular Hbond substituents is 1. The van der Waals surface area contributed by atoms with Gasteiger partial charge in [-0.25, -0.2) is 4.68 Å². The smallest absolute Gasteiger partial charge is 0.240 e. The first kappa shape index (κ1) is 27.6. The Hall–Kier alpha value is -4.46.